The molecule has 0 radical (unpaired) electrons. The first-order valence-electron chi connectivity index (χ1n) is 5.78. The van der Waals surface area contributed by atoms with E-state index in [1.165, 1.54) is 0 Å². The highest BCUT2D eigenvalue weighted by Crippen LogP contribution is 2.26. The Labute approximate surface area is 118 Å². The summed E-state index contributed by atoms with van der Waals surface area (Å²) in [4.78, 5) is 4.17. The van der Waals surface area contributed by atoms with E-state index in [1.807, 2.05) is 30.3 Å². The third kappa shape index (κ3) is 2.28. The second-order valence-corrected chi connectivity index (χ2v) is 4.53. The molecule has 3 aromatic rings. The van der Waals surface area contributed by atoms with E-state index in [0.717, 1.165) is 17.7 Å². The summed E-state index contributed by atoms with van der Waals surface area (Å²) in [5.74, 6) is -0.805. The summed E-state index contributed by atoms with van der Waals surface area (Å²) >= 11 is 5.51. The minimum Gasteiger partial charge on any atom is -0.259 e. The quantitative estimate of drug-likeness (QED) is 0.723. The van der Waals surface area contributed by atoms with Crippen molar-refractivity contribution in [1.82, 2.24) is 15.2 Å². The summed E-state index contributed by atoms with van der Waals surface area (Å²) < 4.78 is 27.2. The van der Waals surface area contributed by atoms with Crippen molar-refractivity contribution in [3.05, 3.63) is 59.1 Å². The van der Waals surface area contributed by atoms with E-state index < -0.39 is 11.6 Å². The smallest absolute Gasteiger partial charge is 0.181 e. The molecule has 1 aromatic heterocycles. The van der Waals surface area contributed by atoms with Gasteiger partial charge in [-0.1, -0.05) is 41.9 Å². The van der Waals surface area contributed by atoms with Crippen LogP contribution in [-0.2, 0) is 0 Å². The Bertz CT molecular complexity index is 756. The molecule has 0 amide bonds. The minimum atomic E-state index is -0.708. The van der Waals surface area contributed by atoms with Gasteiger partial charge in [-0.05, 0) is 12.1 Å². The molecule has 6 heteroatoms. The van der Waals surface area contributed by atoms with E-state index in [9.17, 15) is 8.78 Å². The highest BCUT2D eigenvalue weighted by atomic mass is 35.5. The van der Waals surface area contributed by atoms with Crippen LogP contribution in [0.15, 0.2) is 42.5 Å². The van der Waals surface area contributed by atoms with Crippen molar-refractivity contribution in [3.63, 3.8) is 0 Å². The van der Waals surface area contributed by atoms with Crippen LogP contribution in [0.5, 0.6) is 0 Å². The van der Waals surface area contributed by atoms with Crippen LogP contribution in [0.25, 0.3) is 22.8 Å². The van der Waals surface area contributed by atoms with Crippen LogP contribution in [-0.4, -0.2) is 15.2 Å². The second kappa shape index (κ2) is 5.02. The summed E-state index contributed by atoms with van der Waals surface area (Å²) in [7, 11) is 0. The fourth-order valence-corrected chi connectivity index (χ4v) is 1.95. The number of nitrogens with zero attached hydrogens (tertiary/aromatic N) is 2. The van der Waals surface area contributed by atoms with Crippen LogP contribution in [0.2, 0.25) is 5.02 Å². The molecule has 100 valence electrons. The molecule has 20 heavy (non-hydrogen) atoms. The van der Waals surface area contributed by atoms with Crippen molar-refractivity contribution in [3.8, 4) is 22.8 Å². The number of aromatic nitrogens is 3. The molecule has 0 fully saturated rings. The van der Waals surface area contributed by atoms with Gasteiger partial charge in [-0.3, -0.25) is 5.10 Å². The highest BCUT2D eigenvalue weighted by Gasteiger charge is 2.14. The molecular weight excluding hydrogens is 284 g/mol. The predicted octanol–water partition coefficient (Wildman–Crippen LogP) is 4.07. The molecule has 0 unspecified atom stereocenters. The van der Waals surface area contributed by atoms with Gasteiger partial charge < -0.3 is 0 Å². The largest absolute Gasteiger partial charge is 0.259 e. The molecule has 0 atom stereocenters. The maximum absolute atomic E-state index is 13.8. The van der Waals surface area contributed by atoms with Gasteiger partial charge >= 0.3 is 0 Å². The van der Waals surface area contributed by atoms with E-state index in [2.05, 4.69) is 15.2 Å². The molecule has 3 nitrogen and oxygen atoms in total. The lowest BCUT2D eigenvalue weighted by molar-refractivity contribution is 0.602. The lowest BCUT2D eigenvalue weighted by Gasteiger charge is -2.00. The molecule has 0 spiro atoms. The third-order valence-corrected chi connectivity index (χ3v) is 3.07. The Morgan fingerprint density at radius 2 is 1.75 bits per heavy atom. The van der Waals surface area contributed by atoms with Crippen LogP contribution in [0.4, 0.5) is 8.78 Å². The van der Waals surface area contributed by atoms with Gasteiger partial charge in [-0.25, -0.2) is 13.8 Å². The average Bonchev–Trinajstić information content (AvgIpc) is 2.93. The number of hydrogen-bond acceptors (Lipinski definition) is 2. The van der Waals surface area contributed by atoms with Gasteiger partial charge in [0.1, 0.15) is 11.6 Å². The molecule has 0 aliphatic carbocycles. The summed E-state index contributed by atoms with van der Waals surface area (Å²) in [6, 6.07) is 11.1. The van der Waals surface area contributed by atoms with E-state index in [0.29, 0.717) is 5.82 Å². The molecule has 3 rings (SSSR count). The van der Waals surface area contributed by atoms with Gasteiger partial charge in [-0.15, -0.1) is 0 Å². The highest BCUT2D eigenvalue weighted by molar-refractivity contribution is 6.30. The van der Waals surface area contributed by atoms with Crippen molar-refractivity contribution in [2.45, 2.75) is 0 Å². The summed E-state index contributed by atoms with van der Waals surface area (Å²) in [6.45, 7) is 0. The lowest BCUT2D eigenvalue weighted by Crippen LogP contribution is -1.90. The van der Waals surface area contributed by atoms with Gasteiger partial charge in [0.15, 0.2) is 11.6 Å². The Morgan fingerprint density at radius 3 is 2.50 bits per heavy atom. The van der Waals surface area contributed by atoms with Crippen LogP contribution >= 0.6 is 11.6 Å². The van der Waals surface area contributed by atoms with Gasteiger partial charge in [0.25, 0.3) is 0 Å². The van der Waals surface area contributed by atoms with Gasteiger partial charge in [-0.2, -0.15) is 5.10 Å². The molecular formula is C14H8ClF2N3. The molecule has 0 saturated carbocycles. The molecule has 2 aromatic carbocycles. The Hall–Kier alpha value is -2.27. The Kier molecular flexibility index (Phi) is 3.20. The number of nitrogens with one attached hydrogen (secondary N) is 1. The fraction of sp³-hybridized carbons (Fsp3) is 0. The van der Waals surface area contributed by atoms with E-state index in [1.54, 1.807) is 0 Å². The predicted molar refractivity (Wildman–Crippen MR) is 72.2 cm³/mol. The van der Waals surface area contributed by atoms with Crippen molar-refractivity contribution >= 4 is 11.6 Å². The topological polar surface area (TPSA) is 41.6 Å². The van der Waals surface area contributed by atoms with E-state index in [4.69, 9.17) is 11.6 Å². The first-order valence-corrected chi connectivity index (χ1v) is 6.15. The van der Waals surface area contributed by atoms with Crippen molar-refractivity contribution in [2.75, 3.05) is 0 Å². The van der Waals surface area contributed by atoms with Crippen molar-refractivity contribution in [2.24, 2.45) is 0 Å². The zero-order valence-electron chi connectivity index (χ0n) is 10.1. The molecule has 1 N–H and O–H groups in total. The Morgan fingerprint density at radius 1 is 1.00 bits per heavy atom. The molecule has 0 aliphatic heterocycles. The number of rotatable bonds is 2. The van der Waals surface area contributed by atoms with E-state index >= 15 is 0 Å². The number of halogens is 3. The standard InChI is InChI=1S/C14H8ClF2N3/c15-10-7-11(16)9(6-12(10)17)14-18-13(19-20-14)8-4-2-1-3-5-8/h1-7H,(H,18,19,20). The zero-order valence-corrected chi connectivity index (χ0v) is 10.8. The van der Waals surface area contributed by atoms with Gasteiger partial charge in [0, 0.05) is 5.56 Å². The second-order valence-electron chi connectivity index (χ2n) is 4.12. The third-order valence-electron chi connectivity index (χ3n) is 2.78. The maximum atomic E-state index is 13.8. The van der Waals surface area contributed by atoms with Crippen molar-refractivity contribution in [1.29, 1.82) is 0 Å². The maximum Gasteiger partial charge on any atom is 0.181 e. The fourth-order valence-electron chi connectivity index (χ4n) is 1.80. The number of aromatic amines is 1. The molecule has 0 bridgehead atoms. The normalized spacial score (nSPS) is 10.8. The number of hydrogen-bond donors (Lipinski definition) is 1. The molecule has 1 heterocycles. The monoisotopic (exact) mass is 291 g/mol. The van der Waals surface area contributed by atoms with E-state index in [-0.39, 0.29) is 16.4 Å². The number of H-pyrrole nitrogens is 1. The van der Waals surface area contributed by atoms with Crippen LogP contribution in [0.1, 0.15) is 0 Å². The first kappa shape index (κ1) is 12.7. The zero-order chi connectivity index (χ0) is 14.1. The first-order chi connectivity index (χ1) is 9.65. The summed E-state index contributed by atoms with van der Waals surface area (Å²) in [5, 5.41) is 6.33. The SMILES string of the molecule is Fc1cc(-c2nc(-c3ccccc3)n[nH]2)c(F)cc1Cl. The minimum absolute atomic E-state index is 0.0124. The molecule has 0 aliphatic rings. The average molecular weight is 292 g/mol. The molecule has 0 saturated heterocycles. The van der Waals surface area contributed by atoms with Crippen LogP contribution in [0, 0.1) is 11.6 Å². The summed E-state index contributed by atoms with van der Waals surface area (Å²) in [5.41, 5.74) is 0.770. The van der Waals surface area contributed by atoms with Gasteiger partial charge in [0.05, 0.1) is 10.6 Å². The number of benzene rings is 2. The lowest BCUT2D eigenvalue weighted by atomic mass is 10.2. The summed E-state index contributed by atoms with van der Waals surface area (Å²) in [6.07, 6.45) is 0. The van der Waals surface area contributed by atoms with Crippen molar-refractivity contribution < 1.29 is 8.78 Å². The Balaban J connectivity index is 2.05. The van der Waals surface area contributed by atoms with Crippen LogP contribution < -0.4 is 0 Å². The van der Waals surface area contributed by atoms with Crippen LogP contribution in [0.3, 0.4) is 0 Å². The van der Waals surface area contributed by atoms with Gasteiger partial charge in [0.2, 0.25) is 0 Å².